The molecule has 0 spiro atoms. The van der Waals surface area contributed by atoms with Crippen molar-refractivity contribution in [3.05, 3.63) is 0 Å². The molecule has 0 aliphatic rings. The number of rotatable bonds is 7. The SMILES string of the molecule is CC(C)OCCOC(C)(C)C.CC(O)CCOC(C)(C)C. The van der Waals surface area contributed by atoms with Crippen LogP contribution in [0.5, 0.6) is 0 Å². The van der Waals surface area contributed by atoms with E-state index in [0.717, 1.165) is 6.42 Å². The molecule has 1 atom stereocenters. The number of aliphatic hydroxyl groups is 1. The summed E-state index contributed by atoms with van der Waals surface area (Å²) < 4.78 is 16.1. The molecule has 0 rings (SSSR count). The maximum atomic E-state index is 8.87. The zero-order chi connectivity index (χ0) is 17.1. The van der Waals surface area contributed by atoms with E-state index >= 15 is 0 Å². The van der Waals surface area contributed by atoms with Crippen LogP contribution < -0.4 is 0 Å². The van der Waals surface area contributed by atoms with Crippen LogP contribution in [-0.2, 0) is 14.2 Å². The van der Waals surface area contributed by atoms with Gasteiger partial charge in [0, 0.05) is 6.61 Å². The molecule has 0 saturated carbocycles. The molecule has 0 aromatic carbocycles. The second kappa shape index (κ2) is 11.4. The first kappa shape index (κ1) is 23.1. The molecule has 0 aromatic heterocycles. The fraction of sp³-hybridized carbons (Fsp3) is 1.00. The monoisotopic (exact) mass is 306 g/mol. The van der Waals surface area contributed by atoms with Crippen molar-refractivity contribution in [3.8, 4) is 0 Å². The fourth-order valence-corrected chi connectivity index (χ4v) is 1.17. The van der Waals surface area contributed by atoms with E-state index < -0.39 is 0 Å². The molecule has 0 saturated heterocycles. The average molecular weight is 306 g/mol. The first-order chi connectivity index (χ1) is 9.33. The van der Waals surface area contributed by atoms with Crippen molar-refractivity contribution in [2.75, 3.05) is 19.8 Å². The molecule has 0 aliphatic carbocycles. The summed E-state index contributed by atoms with van der Waals surface area (Å²) in [5, 5.41) is 8.87. The van der Waals surface area contributed by atoms with Crippen molar-refractivity contribution in [1.82, 2.24) is 0 Å². The Morgan fingerprint density at radius 2 is 1.19 bits per heavy atom. The van der Waals surface area contributed by atoms with Gasteiger partial charge in [-0.25, -0.2) is 0 Å². The lowest BCUT2D eigenvalue weighted by molar-refractivity contribution is -0.0455. The summed E-state index contributed by atoms with van der Waals surface area (Å²) in [4.78, 5) is 0. The molecule has 1 N–H and O–H groups in total. The minimum absolute atomic E-state index is 0.0413. The van der Waals surface area contributed by atoms with Gasteiger partial charge in [-0.15, -0.1) is 0 Å². The average Bonchev–Trinajstić information content (AvgIpc) is 2.21. The van der Waals surface area contributed by atoms with Crippen LogP contribution in [0, 0.1) is 0 Å². The van der Waals surface area contributed by atoms with Gasteiger partial charge in [-0.05, 0) is 68.7 Å². The van der Waals surface area contributed by atoms with E-state index in [1.807, 2.05) is 55.4 Å². The molecule has 4 nitrogen and oxygen atoms in total. The lowest BCUT2D eigenvalue weighted by Gasteiger charge is -2.19. The van der Waals surface area contributed by atoms with Gasteiger partial charge in [0.2, 0.25) is 0 Å². The molecule has 0 heterocycles. The van der Waals surface area contributed by atoms with Gasteiger partial charge in [0.25, 0.3) is 0 Å². The fourth-order valence-electron chi connectivity index (χ4n) is 1.17. The summed E-state index contributed by atoms with van der Waals surface area (Å²) in [6.07, 6.45) is 0.776. The Bertz CT molecular complexity index is 224. The second-order valence-corrected chi connectivity index (χ2v) is 7.48. The standard InChI is InChI=1S/C9H20O2.C8H18O2/c1-8(2)10-6-7-11-9(3,4)5;1-7(9)5-6-10-8(2,3)4/h8H,6-7H2,1-5H3;7,9H,5-6H2,1-4H3. The number of hydrogen-bond donors (Lipinski definition) is 1. The summed E-state index contributed by atoms with van der Waals surface area (Å²) >= 11 is 0. The van der Waals surface area contributed by atoms with Gasteiger partial charge in [-0.2, -0.15) is 0 Å². The van der Waals surface area contributed by atoms with Crippen molar-refractivity contribution in [1.29, 1.82) is 0 Å². The molecule has 0 aromatic rings. The van der Waals surface area contributed by atoms with Gasteiger partial charge in [0.05, 0.1) is 36.6 Å². The Labute approximate surface area is 132 Å². The minimum atomic E-state index is -0.248. The normalized spacial score (nSPS) is 13.9. The van der Waals surface area contributed by atoms with Gasteiger partial charge in [-0.3, -0.25) is 0 Å². The summed E-state index contributed by atoms with van der Waals surface area (Å²) in [6.45, 7) is 20.0. The van der Waals surface area contributed by atoms with Crippen LogP contribution in [0.25, 0.3) is 0 Å². The van der Waals surface area contributed by atoms with Crippen molar-refractivity contribution >= 4 is 0 Å². The zero-order valence-corrected chi connectivity index (χ0v) is 15.7. The van der Waals surface area contributed by atoms with E-state index in [-0.39, 0.29) is 17.3 Å². The maximum absolute atomic E-state index is 8.87. The van der Waals surface area contributed by atoms with Crippen LogP contribution >= 0.6 is 0 Å². The Kier molecular flexibility index (Phi) is 12.6. The number of ether oxygens (including phenoxy) is 3. The molecule has 0 fully saturated rings. The lowest BCUT2D eigenvalue weighted by atomic mass is 10.2. The Morgan fingerprint density at radius 3 is 1.52 bits per heavy atom. The van der Waals surface area contributed by atoms with E-state index in [1.165, 1.54) is 0 Å². The molecular formula is C17H38O4. The quantitative estimate of drug-likeness (QED) is 0.727. The topological polar surface area (TPSA) is 47.9 Å². The van der Waals surface area contributed by atoms with Gasteiger partial charge in [0.1, 0.15) is 0 Å². The Hall–Kier alpha value is -0.160. The van der Waals surface area contributed by atoms with E-state index in [9.17, 15) is 0 Å². The molecule has 0 amide bonds. The van der Waals surface area contributed by atoms with Crippen molar-refractivity contribution in [2.24, 2.45) is 0 Å². The Balaban J connectivity index is 0. The van der Waals surface area contributed by atoms with Gasteiger partial charge in [0.15, 0.2) is 0 Å². The molecule has 130 valence electrons. The van der Waals surface area contributed by atoms with Gasteiger partial charge in [-0.1, -0.05) is 0 Å². The molecule has 0 bridgehead atoms. The largest absolute Gasteiger partial charge is 0.393 e. The highest BCUT2D eigenvalue weighted by Crippen LogP contribution is 2.07. The third kappa shape index (κ3) is 28.7. The van der Waals surface area contributed by atoms with Crippen LogP contribution in [-0.4, -0.2) is 48.3 Å². The third-order valence-corrected chi connectivity index (χ3v) is 2.14. The first-order valence-electron chi connectivity index (χ1n) is 7.91. The van der Waals surface area contributed by atoms with Crippen LogP contribution in [0.1, 0.15) is 68.7 Å². The van der Waals surface area contributed by atoms with Crippen LogP contribution in [0.15, 0.2) is 0 Å². The minimum Gasteiger partial charge on any atom is -0.393 e. The summed E-state index contributed by atoms with van der Waals surface area (Å²) in [5.74, 6) is 0. The predicted molar refractivity (Wildman–Crippen MR) is 88.8 cm³/mol. The van der Waals surface area contributed by atoms with Crippen molar-refractivity contribution < 1.29 is 19.3 Å². The molecule has 0 radical (unpaired) electrons. The third-order valence-electron chi connectivity index (χ3n) is 2.14. The summed E-state index contributed by atoms with van der Waals surface area (Å²) in [5.41, 5.74) is -0.116. The summed E-state index contributed by atoms with van der Waals surface area (Å²) in [6, 6.07) is 0. The molecule has 21 heavy (non-hydrogen) atoms. The van der Waals surface area contributed by atoms with Gasteiger partial charge >= 0.3 is 0 Å². The van der Waals surface area contributed by atoms with Crippen molar-refractivity contribution in [2.45, 2.75) is 92.1 Å². The zero-order valence-electron chi connectivity index (χ0n) is 15.7. The van der Waals surface area contributed by atoms with E-state index in [2.05, 4.69) is 0 Å². The maximum Gasteiger partial charge on any atom is 0.0707 e. The van der Waals surface area contributed by atoms with Gasteiger partial charge < -0.3 is 19.3 Å². The number of hydrogen-bond acceptors (Lipinski definition) is 4. The van der Waals surface area contributed by atoms with Crippen molar-refractivity contribution in [3.63, 3.8) is 0 Å². The molecule has 4 heteroatoms. The highest BCUT2D eigenvalue weighted by molar-refractivity contribution is 4.59. The number of aliphatic hydroxyl groups excluding tert-OH is 1. The van der Waals surface area contributed by atoms with Crippen LogP contribution in [0.3, 0.4) is 0 Å². The summed E-state index contributed by atoms with van der Waals surface area (Å²) in [7, 11) is 0. The highest BCUT2D eigenvalue weighted by Gasteiger charge is 2.10. The Morgan fingerprint density at radius 1 is 0.762 bits per heavy atom. The van der Waals surface area contributed by atoms with E-state index in [1.54, 1.807) is 6.92 Å². The lowest BCUT2D eigenvalue weighted by Crippen LogP contribution is -2.22. The first-order valence-corrected chi connectivity index (χ1v) is 7.91. The smallest absolute Gasteiger partial charge is 0.0707 e. The molecule has 1 unspecified atom stereocenters. The highest BCUT2D eigenvalue weighted by atomic mass is 16.5. The molecule has 0 aliphatic heterocycles. The van der Waals surface area contributed by atoms with E-state index in [4.69, 9.17) is 19.3 Å². The van der Waals surface area contributed by atoms with E-state index in [0.29, 0.717) is 25.9 Å². The van der Waals surface area contributed by atoms with Crippen LogP contribution in [0.2, 0.25) is 0 Å². The second-order valence-electron chi connectivity index (χ2n) is 7.48. The predicted octanol–water partition coefficient (Wildman–Crippen LogP) is 3.80. The molecular weight excluding hydrogens is 268 g/mol. The van der Waals surface area contributed by atoms with Crippen LogP contribution in [0.4, 0.5) is 0 Å².